The van der Waals surface area contributed by atoms with Crippen molar-refractivity contribution < 1.29 is 9.13 Å². The Labute approximate surface area is 147 Å². The molecular formula is C19H21FN2OS. The number of rotatable bonds is 2. The topological polar surface area (TPSA) is 33.3 Å². The van der Waals surface area contributed by atoms with Crippen molar-refractivity contribution in [1.82, 2.24) is 5.32 Å². The number of ether oxygens (including phenoxy) is 1. The van der Waals surface area contributed by atoms with E-state index in [1.54, 1.807) is 12.1 Å². The van der Waals surface area contributed by atoms with Crippen molar-refractivity contribution in [3.8, 4) is 5.75 Å². The van der Waals surface area contributed by atoms with Crippen molar-refractivity contribution in [2.24, 2.45) is 0 Å². The molecule has 1 heterocycles. The van der Waals surface area contributed by atoms with E-state index in [1.807, 2.05) is 12.1 Å². The summed E-state index contributed by atoms with van der Waals surface area (Å²) in [7, 11) is 0. The van der Waals surface area contributed by atoms with Crippen molar-refractivity contribution in [3.63, 3.8) is 0 Å². The number of hydrogen-bond donors (Lipinski definition) is 2. The van der Waals surface area contributed by atoms with Gasteiger partial charge in [-0.3, -0.25) is 0 Å². The Hall–Kier alpha value is -2.14. The summed E-state index contributed by atoms with van der Waals surface area (Å²) in [5.74, 6) is 0.619. The summed E-state index contributed by atoms with van der Waals surface area (Å²) in [5, 5.41) is 6.98. The molecule has 1 unspecified atom stereocenters. The van der Waals surface area contributed by atoms with Crippen molar-refractivity contribution in [1.29, 1.82) is 0 Å². The third-order valence-electron chi connectivity index (χ3n) is 4.03. The van der Waals surface area contributed by atoms with Crippen molar-refractivity contribution in [2.75, 3.05) is 5.32 Å². The lowest BCUT2D eigenvalue weighted by Crippen LogP contribution is -2.42. The van der Waals surface area contributed by atoms with Gasteiger partial charge < -0.3 is 15.4 Å². The first-order valence-electron chi connectivity index (χ1n) is 7.95. The van der Waals surface area contributed by atoms with Crippen LogP contribution in [0.2, 0.25) is 0 Å². The van der Waals surface area contributed by atoms with Crippen LogP contribution in [0.3, 0.4) is 0 Å². The predicted molar refractivity (Wildman–Crippen MR) is 99.0 cm³/mol. The number of hydrogen-bond acceptors (Lipinski definition) is 2. The molecular weight excluding hydrogens is 323 g/mol. The summed E-state index contributed by atoms with van der Waals surface area (Å²) in [6, 6.07) is 12.4. The molecule has 3 nitrogen and oxygen atoms in total. The molecule has 2 aromatic carbocycles. The SMILES string of the molecule is Cc1ccc2c(c1)C(NC(=S)Nc1ccc(F)cc1)CC(C)(C)O2. The summed E-state index contributed by atoms with van der Waals surface area (Å²) in [5.41, 5.74) is 2.77. The number of thiocarbonyl (C=S) groups is 1. The highest BCUT2D eigenvalue weighted by molar-refractivity contribution is 7.80. The van der Waals surface area contributed by atoms with E-state index in [0.717, 1.165) is 23.4 Å². The highest BCUT2D eigenvalue weighted by atomic mass is 32.1. The minimum atomic E-state index is -0.272. The van der Waals surface area contributed by atoms with Crippen LogP contribution in [0, 0.1) is 12.7 Å². The number of anilines is 1. The Morgan fingerprint density at radius 1 is 1.21 bits per heavy atom. The minimum Gasteiger partial charge on any atom is -0.487 e. The lowest BCUT2D eigenvalue weighted by Gasteiger charge is -2.38. The largest absolute Gasteiger partial charge is 0.487 e. The van der Waals surface area contributed by atoms with E-state index in [1.165, 1.54) is 17.7 Å². The smallest absolute Gasteiger partial charge is 0.171 e. The maximum Gasteiger partial charge on any atom is 0.171 e. The molecule has 0 bridgehead atoms. The standard InChI is InChI=1S/C19H21FN2OS/c1-12-4-9-17-15(10-12)16(11-19(2,3)23-17)22-18(24)21-14-7-5-13(20)6-8-14/h4-10,16H,11H2,1-3H3,(H2,21,22,24). The van der Waals surface area contributed by atoms with Crippen molar-refractivity contribution in [3.05, 3.63) is 59.4 Å². The molecule has 0 saturated heterocycles. The van der Waals surface area contributed by atoms with Crippen molar-refractivity contribution in [2.45, 2.75) is 38.8 Å². The Balaban J connectivity index is 1.77. The van der Waals surface area contributed by atoms with Gasteiger partial charge in [-0.25, -0.2) is 4.39 Å². The molecule has 0 radical (unpaired) electrons. The van der Waals surface area contributed by atoms with E-state index >= 15 is 0 Å². The quantitative estimate of drug-likeness (QED) is 0.772. The fraction of sp³-hybridized carbons (Fsp3) is 0.316. The van der Waals surface area contributed by atoms with E-state index in [-0.39, 0.29) is 17.5 Å². The van der Waals surface area contributed by atoms with Gasteiger partial charge >= 0.3 is 0 Å². The third-order valence-corrected chi connectivity index (χ3v) is 4.25. The zero-order valence-corrected chi connectivity index (χ0v) is 14.8. The van der Waals surface area contributed by atoms with Gasteiger partial charge in [0.05, 0.1) is 6.04 Å². The molecule has 0 amide bonds. The zero-order chi connectivity index (χ0) is 17.3. The van der Waals surface area contributed by atoms with Gasteiger partial charge in [0.15, 0.2) is 5.11 Å². The highest BCUT2D eigenvalue weighted by Gasteiger charge is 2.34. The van der Waals surface area contributed by atoms with Gasteiger partial charge in [-0.05, 0) is 63.3 Å². The second kappa shape index (κ2) is 6.40. The number of halogens is 1. The fourth-order valence-electron chi connectivity index (χ4n) is 2.96. The van der Waals surface area contributed by atoms with E-state index in [9.17, 15) is 4.39 Å². The van der Waals surface area contributed by atoms with E-state index in [0.29, 0.717) is 5.11 Å². The first kappa shape index (κ1) is 16.7. The summed E-state index contributed by atoms with van der Waals surface area (Å²) >= 11 is 5.43. The molecule has 3 rings (SSSR count). The maximum absolute atomic E-state index is 13.0. The molecule has 2 aromatic rings. The molecule has 0 spiro atoms. The maximum atomic E-state index is 13.0. The van der Waals surface area contributed by atoms with Crippen LogP contribution in [0.25, 0.3) is 0 Å². The van der Waals surface area contributed by atoms with Gasteiger partial charge in [0.2, 0.25) is 0 Å². The lowest BCUT2D eigenvalue weighted by atomic mass is 9.89. The van der Waals surface area contributed by atoms with Gasteiger partial charge in [0, 0.05) is 17.7 Å². The average Bonchev–Trinajstić information content (AvgIpc) is 2.49. The van der Waals surface area contributed by atoms with Gasteiger partial charge in [-0.2, -0.15) is 0 Å². The number of aryl methyl sites for hydroxylation is 1. The van der Waals surface area contributed by atoms with Gasteiger partial charge in [0.1, 0.15) is 17.2 Å². The second-order valence-corrected chi connectivity index (χ2v) is 7.17. The fourth-order valence-corrected chi connectivity index (χ4v) is 3.22. The molecule has 1 atom stereocenters. The third kappa shape index (κ3) is 3.85. The molecule has 126 valence electrons. The minimum absolute atomic E-state index is 0.0594. The number of benzene rings is 2. The normalized spacial score (nSPS) is 18.2. The van der Waals surface area contributed by atoms with Crippen LogP contribution in [-0.4, -0.2) is 10.7 Å². The molecule has 24 heavy (non-hydrogen) atoms. The number of nitrogens with one attached hydrogen (secondary N) is 2. The van der Waals surface area contributed by atoms with Crippen molar-refractivity contribution >= 4 is 23.0 Å². The van der Waals surface area contributed by atoms with E-state index < -0.39 is 0 Å². The van der Waals surface area contributed by atoms with Crippen LogP contribution < -0.4 is 15.4 Å². The van der Waals surface area contributed by atoms with Crippen LogP contribution in [-0.2, 0) is 0 Å². The van der Waals surface area contributed by atoms with Crippen LogP contribution >= 0.6 is 12.2 Å². The van der Waals surface area contributed by atoms with Crippen LogP contribution in [0.1, 0.15) is 37.4 Å². The molecule has 0 aromatic heterocycles. The van der Waals surface area contributed by atoms with E-state index in [4.69, 9.17) is 17.0 Å². The first-order valence-corrected chi connectivity index (χ1v) is 8.36. The Bertz CT molecular complexity index is 758. The molecule has 0 aliphatic carbocycles. The Morgan fingerprint density at radius 3 is 2.62 bits per heavy atom. The molecule has 0 saturated carbocycles. The zero-order valence-electron chi connectivity index (χ0n) is 14.0. The summed E-state index contributed by atoms with van der Waals surface area (Å²) in [4.78, 5) is 0. The van der Waals surface area contributed by atoms with Crippen LogP contribution in [0.5, 0.6) is 5.75 Å². The number of fused-ring (bicyclic) bond motifs is 1. The predicted octanol–water partition coefficient (Wildman–Crippen LogP) is 4.72. The monoisotopic (exact) mass is 344 g/mol. The Morgan fingerprint density at radius 2 is 1.92 bits per heavy atom. The van der Waals surface area contributed by atoms with E-state index in [2.05, 4.69) is 37.5 Å². The molecule has 0 fully saturated rings. The lowest BCUT2D eigenvalue weighted by molar-refractivity contribution is 0.0696. The van der Waals surface area contributed by atoms with Gasteiger partial charge in [-0.15, -0.1) is 0 Å². The molecule has 1 aliphatic heterocycles. The first-order chi connectivity index (χ1) is 11.3. The average molecular weight is 344 g/mol. The highest BCUT2D eigenvalue weighted by Crippen LogP contribution is 2.39. The van der Waals surface area contributed by atoms with Gasteiger partial charge in [0.25, 0.3) is 0 Å². The molecule has 5 heteroatoms. The molecule has 1 aliphatic rings. The Kier molecular flexibility index (Phi) is 4.45. The molecule has 2 N–H and O–H groups in total. The van der Waals surface area contributed by atoms with Gasteiger partial charge in [-0.1, -0.05) is 17.7 Å². The van der Waals surface area contributed by atoms with Crippen LogP contribution in [0.15, 0.2) is 42.5 Å². The summed E-state index contributed by atoms with van der Waals surface area (Å²) in [6.45, 7) is 6.20. The van der Waals surface area contributed by atoms with Crippen LogP contribution in [0.4, 0.5) is 10.1 Å². The second-order valence-electron chi connectivity index (χ2n) is 6.77. The summed E-state index contributed by atoms with van der Waals surface area (Å²) in [6.07, 6.45) is 0.800. The summed E-state index contributed by atoms with van der Waals surface area (Å²) < 4.78 is 19.1.